The maximum atomic E-state index is 12.0. The Morgan fingerprint density at radius 1 is 1.33 bits per heavy atom. The molecular weight excluding hydrogens is 228 g/mol. The number of carbonyl (C=O) groups excluding carboxylic acids is 1. The normalized spacial score (nSPS) is 22.6. The van der Waals surface area contributed by atoms with Gasteiger partial charge in [-0.2, -0.15) is 0 Å². The van der Waals surface area contributed by atoms with Crippen LogP contribution in [0.25, 0.3) is 0 Å². The molecule has 0 aromatic heterocycles. The van der Waals surface area contributed by atoms with Crippen molar-refractivity contribution in [2.45, 2.75) is 18.9 Å². The fourth-order valence-electron chi connectivity index (χ4n) is 2.67. The van der Waals surface area contributed by atoms with E-state index in [4.69, 9.17) is 4.74 Å². The van der Waals surface area contributed by atoms with Crippen LogP contribution in [0.4, 0.5) is 0 Å². The summed E-state index contributed by atoms with van der Waals surface area (Å²) in [6.45, 7) is 3.15. The van der Waals surface area contributed by atoms with Crippen molar-refractivity contribution in [1.29, 1.82) is 0 Å². The molecule has 2 heterocycles. The first-order valence-corrected chi connectivity index (χ1v) is 6.56. The van der Waals surface area contributed by atoms with Gasteiger partial charge in [-0.05, 0) is 32.0 Å². The highest BCUT2D eigenvalue weighted by Crippen LogP contribution is 2.31. The minimum absolute atomic E-state index is 0.0105. The summed E-state index contributed by atoms with van der Waals surface area (Å²) in [5, 5.41) is 3.06. The van der Waals surface area contributed by atoms with Gasteiger partial charge in [-0.25, -0.2) is 0 Å². The Balaban J connectivity index is 1.58. The third-order valence-corrected chi connectivity index (χ3v) is 3.60. The number of nitrogens with one attached hydrogen (secondary N) is 1. The van der Waals surface area contributed by atoms with Gasteiger partial charge in [0.25, 0.3) is 0 Å². The second kappa shape index (κ2) is 4.98. The zero-order valence-corrected chi connectivity index (χ0v) is 10.4. The second-order valence-corrected chi connectivity index (χ2v) is 4.95. The van der Waals surface area contributed by atoms with E-state index in [1.807, 2.05) is 24.3 Å². The van der Waals surface area contributed by atoms with Crippen LogP contribution < -0.4 is 10.1 Å². The molecule has 1 atom stereocenters. The molecule has 4 heteroatoms. The Hall–Kier alpha value is -1.55. The van der Waals surface area contributed by atoms with E-state index in [1.54, 1.807) is 0 Å². The Labute approximate surface area is 107 Å². The van der Waals surface area contributed by atoms with Crippen LogP contribution in [0.15, 0.2) is 24.3 Å². The van der Waals surface area contributed by atoms with Crippen LogP contribution in [-0.2, 0) is 4.79 Å². The van der Waals surface area contributed by atoms with Crippen LogP contribution in [0.1, 0.15) is 24.4 Å². The first kappa shape index (κ1) is 11.5. The third kappa shape index (κ3) is 2.34. The van der Waals surface area contributed by atoms with Crippen molar-refractivity contribution >= 4 is 5.91 Å². The Bertz CT molecular complexity index is 441. The van der Waals surface area contributed by atoms with Crippen LogP contribution in [-0.4, -0.2) is 37.0 Å². The van der Waals surface area contributed by atoms with Gasteiger partial charge in [0.1, 0.15) is 12.4 Å². The van der Waals surface area contributed by atoms with E-state index in [9.17, 15) is 4.79 Å². The summed E-state index contributed by atoms with van der Waals surface area (Å²) >= 11 is 0. The lowest BCUT2D eigenvalue weighted by molar-refractivity contribution is -0.122. The number of ether oxygens (including phenoxy) is 1. The number of carbonyl (C=O) groups is 1. The number of para-hydroxylation sites is 1. The highest BCUT2D eigenvalue weighted by atomic mass is 16.5. The summed E-state index contributed by atoms with van der Waals surface area (Å²) < 4.78 is 5.55. The lowest BCUT2D eigenvalue weighted by Crippen LogP contribution is -2.38. The average Bonchev–Trinajstić information content (AvgIpc) is 3.00. The Morgan fingerprint density at radius 3 is 2.94 bits per heavy atom. The number of hydrogen-bond donors (Lipinski definition) is 1. The van der Waals surface area contributed by atoms with Crippen molar-refractivity contribution < 1.29 is 9.53 Å². The molecule has 4 nitrogen and oxygen atoms in total. The molecule has 1 saturated heterocycles. The summed E-state index contributed by atoms with van der Waals surface area (Å²) in [5.74, 6) is 0.992. The molecule has 3 rings (SSSR count). The van der Waals surface area contributed by atoms with E-state index in [2.05, 4.69) is 10.2 Å². The van der Waals surface area contributed by atoms with Gasteiger partial charge < -0.3 is 10.1 Å². The van der Waals surface area contributed by atoms with Crippen molar-refractivity contribution in [1.82, 2.24) is 10.2 Å². The summed E-state index contributed by atoms with van der Waals surface area (Å²) in [6, 6.07) is 7.90. The first-order chi connectivity index (χ1) is 8.83. The van der Waals surface area contributed by atoms with Crippen LogP contribution >= 0.6 is 0 Å². The SMILES string of the molecule is O=C(CN1CCCC1)NC1COc2ccccc21. The molecule has 0 aliphatic carbocycles. The number of nitrogens with zero attached hydrogens (tertiary/aromatic N) is 1. The van der Waals surface area contributed by atoms with Gasteiger partial charge in [-0.15, -0.1) is 0 Å². The molecule has 2 aliphatic rings. The van der Waals surface area contributed by atoms with Crippen molar-refractivity contribution in [2.24, 2.45) is 0 Å². The van der Waals surface area contributed by atoms with Gasteiger partial charge in [0.2, 0.25) is 5.91 Å². The summed E-state index contributed by atoms with van der Waals surface area (Å²) in [5.41, 5.74) is 1.09. The van der Waals surface area contributed by atoms with E-state index in [0.29, 0.717) is 13.2 Å². The molecule has 1 aromatic rings. The van der Waals surface area contributed by atoms with Crippen molar-refractivity contribution in [2.75, 3.05) is 26.2 Å². The minimum Gasteiger partial charge on any atom is -0.491 e. The number of likely N-dealkylation sites (tertiary alicyclic amines) is 1. The molecule has 18 heavy (non-hydrogen) atoms. The van der Waals surface area contributed by atoms with Gasteiger partial charge in [-0.1, -0.05) is 18.2 Å². The largest absolute Gasteiger partial charge is 0.491 e. The molecule has 1 unspecified atom stereocenters. The van der Waals surface area contributed by atoms with Gasteiger partial charge >= 0.3 is 0 Å². The summed E-state index contributed by atoms with van der Waals surface area (Å²) in [4.78, 5) is 14.2. The monoisotopic (exact) mass is 246 g/mol. The van der Waals surface area contributed by atoms with Gasteiger partial charge in [0, 0.05) is 5.56 Å². The van der Waals surface area contributed by atoms with Crippen molar-refractivity contribution in [3.63, 3.8) is 0 Å². The van der Waals surface area contributed by atoms with Crippen LogP contribution in [0.5, 0.6) is 5.75 Å². The molecule has 96 valence electrons. The minimum atomic E-state index is 0.0105. The standard InChI is InChI=1S/C14H18N2O2/c17-14(9-16-7-3-4-8-16)15-12-10-18-13-6-2-1-5-11(12)13/h1-2,5-6,12H,3-4,7-10H2,(H,15,17). The van der Waals surface area contributed by atoms with E-state index in [1.165, 1.54) is 12.8 Å². The molecule has 0 saturated carbocycles. The smallest absolute Gasteiger partial charge is 0.234 e. The third-order valence-electron chi connectivity index (χ3n) is 3.60. The summed E-state index contributed by atoms with van der Waals surface area (Å²) in [7, 11) is 0. The van der Waals surface area contributed by atoms with Gasteiger partial charge in [0.15, 0.2) is 0 Å². The van der Waals surface area contributed by atoms with Crippen molar-refractivity contribution in [3.05, 3.63) is 29.8 Å². The zero-order chi connectivity index (χ0) is 12.4. The van der Waals surface area contributed by atoms with Crippen LogP contribution in [0.2, 0.25) is 0 Å². The maximum Gasteiger partial charge on any atom is 0.234 e. The van der Waals surface area contributed by atoms with Crippen LogP contribution in [0.3, 0.4) is 0 Å². The molecule has 0 spiro atoms. The highest BCUT2D eigenvalue weighted by molar-refractivity contribution is 5.78. The molecule has 0 radical (unpaired) electrons. The predicted octanol–water partition coefficient (Wildman–Crippen LogP) is 1.33. The lowest BCUT2D eigenvalue weighted by Gasteiger charge is -2.16. The van der Waals surface area contributed by atoms with E-state index in [-0.39, 0.29) is 11.9 Å². The number of benzene rings is 1. The van der Waals surface area contributed by atoms with E-state index in [0.717, 1.165) is 24.4 Å². The average molecular weight is 246 g/mol. The molecule has 2 aliphatic heterocycles. The number of fused-ring (bicyclic) bond motifs is 1. The lowest BCUT2D eigenvalue weighted by atomic mass is 10.1. The predicted molar refractivity (Wildman–Crippen MR) is 68.5 cm³/mol. The van der Waals surface area contributed by atoms with Crippen molar-refractivity contribution in [3.8, 4) is 5.75 Å². The number of hydrogen-bond acceptors (Lipinski definition) is 3. The van der Waals surface area contributed by atoms with E-state index < -0.39 is 0 Å². The number of amides is 1. The molecule has 1 N–H and O–H groups in total. The Kier molecular flexibility index (Phi) is 3.19. The topological polar surface area (TPSA) is 41.6 Å². The molecular formula is C14H18N2O2. The fraction of sp³-hybridized carbons (Fsp3) is 0.500. The second-order valence-electron chi connectivity index (χ2n) is 4.95. The highest BCUT2D eigenvalue weighted by Gasteiger charge is 2.25. The van der Waals surface area contributed by atoms with E-state index >= 15 is 0 Å². The molecule has 1 amide bonds. The zero-order valence-electron chi connectivity index (χ0n) is 10.4. The first-order valence-electron chi connectivity index (χ1n) is 6.56. The fourth-order valence-corrected chi connectivity index (χ4v) is 2.67. The number of rotatable bonds is 3. The maximum absolute atomic E-state index is 12.0. The molecule has 0 bridgehead atoms. The Morgan fingerprint density at radius 2 is 2.11 bits per heavy atom. The van der Waals surface area contributed by atoms with Crippen LogP contribution in [0, 0.1) is 0 Å². The van der Waals surface area contributed by atoms with Gasteiger partial charge in [0.05, 0.1) is 12.6 Å². The molecule has 1 aromatic carbocycles. The van der Waals surface area contributed by atoms with Gasteiger partial charge in [-0.3, -0.25) is 9.69 Å². The summed E-state index contributed by atoms with van der Waals surface area (Å²) in [6.07, 6.45) is 2.42. The molecule has 1 fully saturated rings. The quantitative estimate of drug-likeness (QED) is 0.875.